The third kappa shape index (κ3) is 5.03. The van der Waals surface area contributed by atoms with E-state index in [0.717, 1.165) is 60.1 Å². The number of aromatic nitrogens is 2. The molecule has 0 aliphatic carbocycles. The van der Waals surface area contributed by atoms with Crippen LogP contribution in [0.5, 0.6) is 5.75 Å². The van der Waals surface area contributed by atoms with Crippen molar-refractivity contribution >= 4 is 11.6 Å². The lowest BCUT2D eigenvalue weighted by Gasteiger charge is -2.25. The van der Waals surface area contributed by atoms with Gasteiger partial charge in [-0.1, -0.05) is 18.2 Å². The molecule has 0 saturated carbocycles. The molecule has 1 aliphatic heterocycles. The van der Waals surface area contributed by atoms with Crippen molar-refractivity contribution in [1.82, 2.24) is 14.9 Å². The lowest BCUT2D eigenvalue weighted by Crippen LogP contribution is -2.23. The van der Waals surface area contributed by atoms with Gasteiger partial charge in [-0.25, -0.2) is 9.97 Å². The van der Waals surface area contributed by atoms with Crippen LogP contribution in [0.4, 0.5) is 11.6 Å². The van der Waals surface area contributed by atoms with E-state index in [4.69, 9.17) is 9.72 Å². The first-order valence-corrected chi connectivity index (χ1v) is 10.9. The maximum absolute atomic E-state index is 9.72. The maximum atomic E-state index is 9.72. The van der Waals surface area contributed by atoms with Gasteiger partial charge >= 0.3 is 0 Å². The second kappa shape index (κ2) is 9.90. The summed E-state index contributed by atoms with van der Waals surface area (Å²) in [5, 5.41) is 13.1. The molecule has 3 aromatic rings. The standard InChI is InChI=1S/C25H30N4O2/c1-3-31-23-12-11-19(15-20(23)17-30)16-29-14-6-9-22(29)21-8-4-10-24(27-21)28-25-18(2)7-5-13-26-25/h4-5,7-8,10-13,15,22,30H,3,6,9,14,16-17H2,1-2H3,(H,26,27,28)/t22-/m1/s1. The average molecular weight is 419 g/mol. The number of nitrogens with one attached hydrogen (secondary N) is 1. The zero-order valence-corrected chi connectivity index (χ0v) is 18.2. The summed E-state index contributed by atoms with van der Waals surface area (Å²) >= 11 is 0. The van der Waals surface area contributed by atoms with E-state index in [1.165, 1.54) is 5.56 Å². The van der Waals surface area contributed by atoms with E-state index in [1.807, 2.05) is 38.1 Å². The third-order valence-electron chi connectivity index (χ3n) is 5.71. The highest BCUT2D eigenvalue weighted by molar-refractivity contribution is 5.55. The highest BCUT2D eigenvalue weighted by Crippen LogP contribution is 2.33. The van der Waals surface area contributed by atoms with Gasteiger partial charge in [-0.3, -0.25) is 4.90 Å². The molecule has 31 heavy (non-hydrogen) atoms. The van der Waals surface area contributed by atoms with Gasteiger partial charge in [0, 0.05) is 18.3 Å². The number of aryl methyl sites for hydroxylation is 1. The van der Waals surface area contributed by atoms with Gasteiger partial charge in [0.2, 0.25) is 0 Å². The minimum absolute atomic E-state index is 0.0190. The van der Waals surface area contributed by atoms with E-state index >= 15 is 0 Å². The molecule has 1 fully saturated rings. The third-order valence-corrected chi connectivity index (χ3v) is 5.71. The van der Waals surface area contributed by atoms with Crippen molar-refractivity contribution in [2.45, 2.75) is 45.9 Å². The topological polar surface area (TPSA) is 70.5 Å². The molecule has 3 heterocycles. The second-order valence-corrected chi connectivity index (χ2v) is 7.90. The highest BCUT2D eigenvalue weighted by atomic mass is 16.5. The van der Waals surface area contributed by atoms with Crippen LogP contribution in [0.3, 0.4) is 0 Å². The van der Waals surface area contributed by atoms with Crippen LogP contribution in [0.2, 0.25) is 0 Å². The largest absolute Gasteiger partial charge is 0.494 e. The molecule has 1 aromatic carbocycles. The molecule has 6 nitrogen and oxygen atoms in total. The molecule has 0 amide bonds. The summed E-state index contributed by atoms with van der Waals surface area (Å²) in [6.45, 7) is 6.42. The molecule has 1 aliphatic rings. The van der Waals surface area contributed by atoms with Crippen LogP contribution in [0.1, 0.15) is 48.2 Å². The Kier molecular flexibility index (Phi) is 6.79. The number of hydrogen-bond donors (Lipinski definition) is 2. The van der Waals surface area contributed by atoms with Crippen LogP contribution < -0.4 is 10.1 Å². The van der Waals surface area contributed by atoms with Crippen molar-refractivity contribution in [3.05, 3.63) is 77.1 Å². The van der Waals surface area contributed by atoms with Crippen molar-refractivity contribution in [3.63, 3.8) is 0 Å². The molecular weight excluding hydrogens is 388 g/mol. The second-order valence-electron chi connectivity index (χ2n) is 7.90. The minimum atomic E-state index is -0.0190. The number of likely N-dealkylation sites (tertiary alicyclic amines) is 1. The van der Waals surface area contributed by atoms with Gasteiger partial charge in [-0.05, 0) is 74.7 Å². The number of rotatable bonds is 8. The Morgan fingerprint density at radius 3 is 2.90 bits per heavy atom. The summed E-state index contributed by atoms with van der Waals surface area (Å²) in [7, 11) is 0. The van der Waals surface area contributed by atoms with Gasteiger partial charge in [-0.15, -0.1) is 0 Å². The van der Waals surface area contributed by atoms with Gasteiger partial charge in [0.05, 0.1) is 24.9 Å². The predicted octanol–water partition coefficient (Wildman–Crippen LogP) is 4.76. The minimum Gasteiger partial charge on any atom is -0.494 e. The van der Waals surface area contributed by atoms with E-state index in [-0.39, 0.29) is 12.6 Å². The fourth-order valence-electron chi connectivity index (χ4n) is 4.18. The van der Waals surface area contributed by atoms with E-state index in [1.54, 1.807) is 6.20 Å². The molecular formula is C25H30N4O2. The number of pyridine rings is 2. The van der Waals surface area contributed by atoms with Crippen LogP contribution in [0, 0.1) is 6.92 Å². The Balaban J connectivity index is 1.50. The number of anilines is 2. The number of benzene rings is 1. The zero-order chi connectivity index (χ0) is 21.6. The molecule has 0 bridgehead atoms. The van der Waals surface area contributed by atoms with Crippen LogP contribution in [-0.4, -0.2) is 33.1 Å². The molecule has 162 valence electrons. The monoisotopic (exact) mass is 418 g/mol. The fourth-order valence-corrected chi connectivity index (χ4v) is 4.18. The van der Waals surface area contributed by atoms with Gasteiger partial charge in [-0.2, -0.15) is 0 Å². The smallest absolute Gasteiger partial charge is 0.134 e. The maximum Gasteiger partial charge on any atom is 0.134 e. The Labute approximate surface area is 183 Å². The normalized spacial score (nSPS) is 16.4. The lowest BCUT2D eigenvalue weighted by molar-refractivity contribution is 0.243. The number of ether oxygens (including phenoxy) is 1. The first-order chi connectivity index (χ1) is 15.2. The van der Waals surface area contributed by atoms with Crippen molar-refractivity contribution in [2.24, 2.45) is 0 Å². The Hall–Kier alpha value is -2.96. The van der Waals surface area contributed by atoms with E-state index in [9.17, 15) is 5.11 Å². The predicted molar refractivity (Wildman–Crippen MR) is 122 cm³/mol. The van der Waals surface area contributed by atoms with Gasteiger partial charge in [0.1, 0.15) is 17.4 Å². The zero-order valence-electron chi connectivity index (χ0n) is 18.2. The van der Waals surface area contributed by atoms with Crippen molar-refractivity contribution in [2.75, 3.05) is 18.5 Å². The summed E-state index contributed by atoms with van der Waals surface area (Å²) in [4.78, 5) is 11.8. The van der Waals surface area contributed by atoms with E-state index < -0.39 is 0 Å². The van der Waals surface area contributed by atoms with Gasteiger partial charge in [0.25, 0.3) is 0 Å². The molecule has 1 atom stereocenters. The first-order valence-electron chi connectivity index (χ1n) is 10.9. The summed E-state index contributed by atoms with van der Waals surface area (Å²) in [5.74, 6) is 2.41. The van der Waals surface area contributed by atoms with Crippen molar-refractivity contribution in [1.29, 1.82) is 0 Å². The van der Waals surface area contributed by atoms with Gasteiger partial charge in [0.15, 0.2) is 0 Å². The summed E-state index contributed by atoms with van der Waals surface area (Å²) in [5.41, 5.74) is 4.18. The van der Waals surface area contributed by atoms with E-state index in [2.05, 4.69) is 39.5 Å². The van der Waals surface area contributed by atoms with Crippen LogP contribution in [0.25, 0.3) is 0 Å². The molecule has 1 saturated heterocycles. The Morgan fingerprint density at radius 2 is 2.10 bits per heavy atom. The average Bonchev–Trinajstić information content (AvgIpc) is 3.25. The van der Waals surface area contributed by atoms with Crippen LogP contribution in [0.15, 0.2) is 54.7 Å². The lowest BCUT2D eigenvalue weighted by atomic mass is 10.1. The van der Waals surface area contributed by atoms with Crippen LogP contribution in [-0.2, 0) is 13.2 Å². The Bertz CT molecular complexity index is 1020. The molecule has 4 rings (SSSR count). The van der Waals surface area contributed by atoms with Crippen LogP contribution >= 0.6 is 0 Å². The summed E-state index contributed by atoms with van der Waals surface area (Å²) in [6.07, 6.45) is 4.02. The molecule has 0 radical (unpaired) electrons. The summed E-state index contributed by atoms with van der Waals surface area (Å²) < 4.78 is 5.62. The van der Waals surface area contributed by atoms with Gasteiger partial charge < -0.3 is 15.2 Å². The highest BCUT2D eigenvalue weighted by Gasteiger charge is 2.27. The number of aliphatic hydroxyl groups excluding tert-OH is 1. The molecule has 2 aromatic heterocycles. The number of aliphatic hydroxyl groups is 1. The fraction of sp³-hybridized carbons (Fsp3) is 0.360. The quantitative estimate of drug-likeness (QED) is 0.550. The SMILES string of the molecule is CCOc1ccc(CN2CCC[C@@H]2c2cccc(Nc3ncccc3C)n2)cc1CO. The molecule has 0 spiro atoms. The molecule has 0 unspecified atom stereocenters. The Morgan fingerprint density at radius 1 is 1.19 bits per heavy atom. The van der Waals surface area contributed by atoms with Crippen molar-refractivity contribution < 1.29 is 9.84 Å². The number of hydrogen-bond acceptors (Lipinski definition) is 6. The van der Waals surface area contributed by atoms with Crippen molar-refractivity contribution in [3.8, 4) is 5.75 Å². The first kappa shape index (κ1) is 21.3. The molecule has 6 heteroatoms. The van der Waals surface area contributed by atoms with E-state index in [0.29, 0.717) is 6.61 Å². The molecule has 2 N–H and O–H groups in total. The summed E-state index contributed by atoms with van der Waals surface area (Å²) in [6, 6.07) is 16.5. The number of nitrogens with zero attached hydrogens (tertiary/aromatic N) is 3.